The van der Waals surface area contributed by atoms with E-state index < -0.39 is 11.7 Å². The Kier molecular flexibility index (Phi) is 3.48. The summed E-state index contributed by atoms with van der Waals surface area (Å²) in [6.45, 7) is 1.10. The summed E-state index contributed by atoms with van der Waals surface area (Å²) in [5, 5.41) is 2.31. The average molecular weight is 233 g/mol. The number of halogens is 3. The minimum atomic E-state index is -4.37. The minimum Gasteiger partial charge on any atom is -0.497 e. The third kappa shape index (κ3) is 2.14. The molecular formula is C11H14F3NO. The fourth-order valence-electron chi connectivity index (χ4n) is 1.38. The van der Waals surface area contributed by atoms with Crippen molar-refractivity contribution in [1.29, 1.82) is 0 Å². The Balaban J connectivity index is 3.23. The predicted octanol–water partition coefficient (Wildman–Crippen LogP) is 2.69. The standard InChI is InChI=1S/C11H14F3NO/c1-10(15-2,11(12,13)14)8-5-4-6-9(7-8)16-3/h4-7,15H,1-3H3. The van der Waals surface area contributed by atoms with Gasteiger partial charge in [0, 0.05) is 0 Å². The molecule has 16 heavy (non-hydrogen) atoms. The average Bonchev–Trinajstić information content (AvgIpc) is 2.26. The van der Waals surface area contributed by atoms with Crippen LogP contribution in [0.3, 0.4) is 0 Å². The SMILES string of the molecule is CNC(C)(c1cccc(OC)c1)C(F)(F)F. The smallest absolute Gasteiger partial charge is 0.410 e. The Hall–Kier alpha value is -1.23. The number of ether oxygens (including phenoxy) is 1. The Labute approximate surface area is 92.4 Å². The molecule has 1 rings (SSSR count). The number of alkyl halides is 3. The van der Waals surface area contributed by atoms with E-state index in [9.17, 15) is 13.2 Å². The quantitative estimate of drug-likeness (QED) is 0.866. The lowest BCUT2D eigenvalue weighted by atomic mass is 9.91. The number of nitrogens with one attached hydrogen (secondary N) is 1. The van der Waals surface area contributed by atoms with Crippen LogP contribution in [0.25, 0.3) is 0 Å². The molecule has 0 aromatic heterocycles. The highest BCUT2D eigenvalue weighted by molar-refractivity contribution is 5.34. The van der Waals surface area contributed by atoms with Gasteiger partial charge in [-0.25, -0.2) is 0 Å². The molecule has 0 amide bonds. The lowest BCUT2D eigenvalue weighted by Crippen LogP contribution is -2.49. The van der Waals surface area contributed by atoms with Crippen LogP contribution in [0.5, 0.6) is 5.75 Å². The second-order valence-corrected chi connectivity index (χ2v) is 3.60. The normalized spacial score (nSPS) is 15.6. The summed E-state index contributed by atoms with van der Waals surface area (Å²) >= 11 is 0. The molecule has 5 heteroatoms. The number of rotatable bonds is 3. The molecule has 1 aromatic rings. The monoisotopic (exact) mass is 233 g/mol. The third-order valence-corrected chi connectivity index (χ3v) is 2.71. The van der Waals surface area contributed by atoms with Crippen molar-refractivity contribution in [3.8, 4) is 5.75 Å². The van der Waals surface area contributed by atoms with Gasteiger partial charge in [0.1, 0.15) is 11.3 Å². The molecule has 1 unspecified atom stereocenters. The Bertz CT molecular complexity index is 364. The third-order valence-electron chi connectivity index (χ3n) is 2.71. The van der Waals surface area contributed by atoms with Crippen LogP contribution in [0, 0.1) is 0 Å². The fourth-order valence-corrected chi connectivity index (χ4v) is 1.38. The topological polar surface area (TPSA) is 21.3 Å². The van der Waals surface area contributed by atoms with E-state index in [0.29, 0.717) is 5.75 Å². The second-order valence-electron chi connectivity index (χ2n) is 3.60. The van der Waals surface area contributed by atoms with Crippen molar-refractivity contribution in [3.05, 3.63) is 29.8 Å². The number of hydrogen-bond donors (Lipinski definition) is 1. The van der Waals surface area contributed by atoms with Crippen molar-refractivity contribution in [3.63, 3.8) is 0 Å². The van der Waals surface area contributed by atoms with Crippen LogP contribution in [-0.4, -0.2) is 20.3 Å². The fraction of sp³-hybridized carbons (Fsp3) is 0.455. The summed E-state index contributed by atoms with van der Waals surface area (Å²) in [4.78, 5) is 0. The van der Waals surface area contributed by atoms with Crippen molar-refractivity contribution >= 4 is 0 Å². The molecule has 0 aliphatic carbocycles. The van der Waals surface area contributed by atoms with Gasteiger partial charge in [0.05, 0.1) is 7.11 Å². The maximum absolute atomic E-state index is 12.9. The van der Waals surface area contributed by atoms with E-state index in [2.05, 4.69) is 5.32 Å². The van der Waals surface area contributed by atoms with E-state index in [1.165, 1.54) is 32.4 Å². The highest BCUT2D eigenvalue weighted by Crippen LogP contribution is 2.39. The van der Waals surface area contributed by atoms with Crippen LogP contribution >= 0.6 is 0 Å². The van der Waals surface area contributed by atoms with Crippen LogP contribution in [-0.2, 0) is 5.54 Å². The molecule has 0 bridgehead atoms. The van der Waals surface area contributed by atoms with Gasteiger partial charge in [-0.15, -0.1) is 0 Å². The molecule has 90 valence electrons. The maximum atomic E-state index is 12.9. The van der Waals surface area contributed by atoms with Gasteiger partial charge in [0.15, 0.2) is 0 Å². The van der Waals surface area contributed by atoms with Gasteiger partial charge in [-0.3, -0.25) is 0 Å². The molecule has 0 aliphatic rings. The van der Waals surface area contributed by atoms with Gasteiger partial charge in [0.2, 0.25) is 0 Å². The molecule has 0 saturated carbocycles. The van der Waals surface area contributed by atoms with E-state index in [1.54, 1.807) is 6.07 Å². The zero-order chi connectivity index (χ0) is 12.4. The molecule has 0 heterocycles. The molecule has 1 N–H and O–H groups in total. The summed E-state index contributed by atoms with van der Waals surface area (Å²) < 4.78 is 43.7. The zero-order valence-electron chi connectivity index (χ0n) is 9.35. The van der Waals surface area contributed by atoms with Crippen molar-refractivity contribution in [2.45, 2.75) is 18.6 Å². The van der Waals surface area contributed by atoms with Gasteiger partial charge < -0.3 is 10.1 Å². The van der Waals surface area contributed by atoms with Crippen molar-refractivity contribution < 1.29 is 17.9 Å². The van der Waals surface area contributed by atoms with Gasteiger partial charge in [0.25, 0.3) is 0 Å². The van der Waals surface area contributed by atoms with Gasteiger partial charge in [-0.05, 0) is 31.7 Å². The lowest BCUT2D eigenvalue weighted by Gasteiger charge is -2.32. The summed E-state index contributed by atoms with van der Waals surface area (Å²) in [6.07, 6.45) is -4.37. The molecule has 0 fully saturated rings. The lowest BCUT2D eigenvalue weighted by molar-refractivity contribution is -0.193. The first-order valence-corrected chi connectivity index (χ1v) is 4.75. The first-order valence-electron chi connectivity index (χ1n) is 4.75. The first-order chi connectivity index (χ1) is 7.35. The summed E-state index contributed by atoms with van der Waals surface area (Å²) in [6, 6.07) is 5.95. The molecular weight excluding hydrogens is 219 g/mol. The summed E-state index contributed by atoms with van der Waals surface area (Å²) in [7, 11) is 2.70. The largest absolute Gasteiger partial charge is 0.497 e. The number of benzene rings is 1. The van der Waals surface area contributed by atoms with Crippen LogP contribution in [0.4, 0.5) is 13.2 Å². The van der Waals surface area contributed by atoms with Crippen LogP contribution in [0.15, 0.2) is 24.3 Å². The molecule has 2 nitrogen and oxygen atoms in total. The first kappa shape index (κ1) is 12.8. The molecule has 0 radical (unpaired) electrons. The molecule has 0 spiro atoms. The zero-order valence-corrected chi connectivity index (χ0v) is 9.35. The summed E-state index contributed by atoms with van der Waals surface area (Å²) in [5.41, 5.74) is -1.94. The number of hydrogen-bond acceptors (Lipinski definition) is 2. The molecule has 0 saturated heterocycles. The number of methoxy groups -OCH3 is 1. The summed E-state index contributed by atoms with van der Waals surface area (Å²) in [5.74, 6) is 0.406. The van der Waals surface area contributed by atoms with Crippen molar-refractivity contribution in [2.75, 3.05) is 14.2 Å². The van der Waals surface area contributed by atoms with E-state index in [4.69, 9.17) is 4.74 Å². The van der Waals surface area contributed by atoms with Crippen LogP contribution < -0.4 is 10.1 Å². The van der Waals surface area contributed by atoms with E-state index in [-0.39, 0.29) is 5.56 Å². The molecule has 1 atom stereocenters. The molecule has 0 aliphatic heterocycles. The Morgan fingerprint density at radius 2 is 1.88 bits per heavy atom. The maximum Gasteiger partial charge on any atom is 0.410 e. The van der Waals surface area contributed by atoms with E-state index in [1.807, 2.05) is 0 Å². The Morgan fingerprint density at radius 1 is 1.25 bits per heavy atom. The second kappa shape index (κ2) is 4.33. The van der Waals surface area contributed by atoms with Gasteiger partial charge >= 0.3 is 6.18 Å². The minimum absolute atomic E-state index is 0.127. The predicted molar refractivity (Wildman–Crippen MR) is 55.5 cm³/mol. The van der Waals surface area contributed by atoms with Crippen molar-refractivity contribution in [1.82, 2.24) is 5.32 Å². The van der Waals surface area contributed by atoms with Crippen molar-refractivity contribution in [2.24, 2.45) is 0 Å². The highest BCUT2D eigenvalue weighted by atomic mass is 19.4. The van der Waals surface area contributed by atoms with Crippen LogP contribution in [0.2, 0.25) is 0 Å². The van der Waals surface area contributed by atoms with E-state index in [0.717, 1.165) is 6.92 Å². The van der Waals surface area contributed by atoms with Crippen LogP contribution in [0.1, 0.15) is 12.5 Å². The van der Waals surface area contributed by atoms with Gasteiger partial charge in [-0.1, -0.05) is 12.1 Å². The van der Waals surface area contributed by atoms with Gasteiger partial charge in [-0.2, -0.15) is 13.2 Å². The van der Waals surface area contributed by atoms with E-state index >= 15 is 0 Å². The highest BCUT2D eigenvalue weighted by Gasteiger charge is 2.51. The molecule has 1 aromatic carbocycles. The Morgan fingerprint density at radius 3 is 2.31 bits per heavy atom.